The summed E-state index contributed by atoms with van der Waals surface area (Å²) < 4.78 is 44.6. The highest BCUT2D eigenvalue weighted by atomic mass is 19.4. The summed E-state index contributed by atoms with van der Waals surface area (Å²) in [7, 11) is 3.79. The molecule has 0 radical (unpaired) electrons. The van der Waals surface area contributed by atoms with Crippen LogP contribution in [-0.2, 0) is 6.18 Å². The first-order chi connectivity index (χ1) is 15.2. The molecule has 7 nitrogen and oxygen atoms in total. The SMILES string of the molecule is CN(C)c1ccc(NC(=O)N2CCN(C3CCOc4cc(C(F)(F)F)ccc43)CC2)cn1. The van der Waals surface area contributed by atoms with Gasteiger partial charge in [0.1, 0.15) is 11.6 Å². The fourth-order valence-electron chi connectivity index (χ4n) is 4.09. The molecule has 1 unspecified atom stereocenters. The van der Waals surface area contributed by atoms with E-state index in [0.717, 1.165) is 23.5 Å². The molecule has 1 N–H and O–H groups in total. The van der Waals surface area contributed by atoms with Gasteiger partial charge in [-0.3, -0.25) is 4.90 Å². The minimum Gasteiger partial charge on any atom is -0.493 e. The normalized spacial score (nSPS) is 19.2. The van der Waals surface area contributed by atoms with Crippen LogP contribution in [-0.4, -0.2) is 67.7 Å². The second kappa shape index (κ2) is 8.85. The number of hydrogen-bond donors (Lipinski definition) is 1. The summed E-state index contributed by atoms with van der Waals surface area (Å²) in [5.74, 6) is 1.10. The lowest BCUT2D eigenvalue weighted by Crippen LogP contribution is -2.51. The van der Waals surface area contributed by atoms with Gasteiger partial charge in [0.05, 0.1) is 24.1 Å². The number of amides is 2. The fraction of sp³-hybridized carbons (Fsp3) is 0.455. The molecule has 1 aromatic heterocycles. The van der Waals surface area contributed by atoms with Crippen LogP contribution >= 0.6 is 0 Å². The standard InChI is InChI=1S/C22H26F3N5O2/c1-28(2)20-6-4-16(14-26-20)27-21(31)30-10-8-29(9-11-30)18-7-12-32-19-13-15(22(23,24)25)3-5-17(18)19/h3-6,13-14,18H,7-12H2,1-2H3,(H,27,31). The third-order valence-electron chi connectivity index (χ3n) is 5.85. The van der Waals surface area contributed by atoms with Crippen molar-refractivity contribution in [2.45, 2.75) is 18.6 Å². The number of ether oxygens (including phenoxy) is 1. The lowest BCUT2D eigenvalue weighted by Gasteiger charge is -2.41. The van der Waals surface area contributed by atoms with Crippen LogP contribution in [0.4, 0.5) is 29.5 Å². The first-order valence-corrected chi connectivity index (χ1v) is 10.5. The molecule has 2 aliphatic heterocycles. The van der Waals surface area contributed by atoms with Gasteiger partial charge in [-0.25, -0.2) is 9.78 Å². The van der Waals surface area contributed by atoms with Crippen molar-refractivity contribution in [2.24, 2.45) is 0 Å². The first-order valence-electron chi connectivity index (χ1n) is 10.5. The van der Waals surface area contributed by atoms with Gasteiger partial charge in [0.2, 0.25) is 0 Å². The molecule has 0 spiro atoms. The Kier molecular flexibility index (Phi) is 6.14. The Bertz CT molecular complexity index is 957. The van der Waals surface area contributed by atoms with Crippen molar-refractivity contribution in [1.82, 2.24) is 14.8 Å². The summed E-state index contributed by atoms with van der Waals surface area (Å²) in [6.45, 7) is 2.70. The number of fused-ring (bicyclic) bond motifs is 1. The van der Waals surface area contributed by atoms with Gasteiger partial charge < -0.3 is 19.9 Å². The van der Waals surface area contributed by atoms with E-state index >= 15 is 0 Å². The summed E-state index contributed by atoms with van der Waals surface area (Å²) in [6.07, 6.45) is -2.07. The topological polar surface area (TPSA) is 60.9 Å². The van der Waals surface area contributed by atoms with Crippen LogP contribution in [0.2, 0.25) is 0 Å². The third-order valence-corrected chi connectivity index (χ3v) is 5.85. The van der Waals surface area contributed by atoms with Crippen LogP contribution < -0.4 is 15.0 Å². The Morgan fingerprint density at radius 2 is 1.91 bits per heavy atom. The second-order valence-electron chi connectivity index (χ2n) is 8.16. The van der Waals surface area contributed by atoms with Gasteiger partial charge in [-0.2, -0.15) is 13.2 Å². The van der Waals surface area contributed by atoms with Gasteiger partial charge >= 0.3 is 12.2 Å². The molecule has 3 heterocycles. The molecular formula is C22H26F3N5O2. The number of carbonyl (C=O) groups excluding carboxylic acids is 1. The zero-order valence-electron chi connectivity index (χ0n) is 18.0. The predicted molar refractivity (Wildman–Crippen MR) is 115 cm³/mol. The zero-order valence-corrected chi connectivity index (χ0v) is 18.0. The van der Waals surface area contributed by atoms with Gasteiger partial charge in [-0.05, 0) is 24.3 Å². The van der Waals surface area contributed by atoms with Crippen molar-refractivity contribution >= 4 is 17.5 Å². The Morgan fingerprint density at radius 3 is 2.53 bits per heavy atom. The van der Waals surface area contributed by atoms with Gasteiger partial charge in [0.15, 0.2) is 0 Å². The molecule has 2 aliphatic rings. The van der Waals surface area contributed by atoms with E-state index in [1.54, 1.807) is 11.1 Å². The number of pyridine rings is 1. The number of benzene rings is 1. The van der Waals surface area contributed by atoms with Crippen LogP contribution in [0.3, 0.4) is 0 Å². The number of hydrogen-bond acceptors (Lipinski definition) is 5. The number of piperazine rings is 1. The van der Waals surface area contributed by atoms with Crippen molar-refractivity contribution < 1.29 is 22.7 Å². The predicted octanol–water partition coefficient (Wildman–Crippen LogP) is 3.84. The number of nitrogens with one attached hydrogen (secondary N) is 1. The number of halogens is 3. The van der Waals surface area contributed by atoms with Gasteiger partial charge in [-0.15, -0.1) is 0 Å². The van der Waals surface area contributed by atoms with Crippen LogP contribution in [0.15, 0.2) is 36.5 Å². The third kappa shape index (κ3) is 4.74. The molecule has 4 rings (SSSR count). The molecule has 1 fully saturated rings. The number of rotatable bonds is 3. The molecule has 10 heteroatoms. The molecule has 0 aliphatic carbocycles. The van der Waals surface area contributed by atoms with E-state index < -0.39 is 11.7 Å². The van der Waals surface area contributed by atoms with E-state index in [1.165, 1.54) is 6.07 Å². The van der Waals surface area contributed by atoms with Crippen LogP contribution in [0.5, 0.6) is 5.75 Å². The molecule has 0 saturated carbocycles. The summed E-state index contributed by atoms with van der Waals surface area (Å²) in [5.41, 5.74) is 0.697. The maximum Gasteiger partial charge on any atom is 0.416 e. The van der Waals surface area contributed by atoms with Crippen molar-refractivity contribution in [3.63, 3.8) is 0 Å². The quantitative estimate of drug-likeness (QED) is 0.772. The molecular weight excluding hydrogens is 423 g/mol. The minimum atomic E-state index is -4.40. The average Bonchev–Trinajstić information content (AvgIpc) is 2.78. The van der Waals surface area contributed by atoms with Gasteiger partial charge in [-0.1, -0.05) is 6.07 Å². The van der Waals surface area contributed by atoms with Crippen LogP contribution in [0.1, 0.15) is 23.6 Å². The number of nitrogens with zero attached hydrogens (tertiary/aromatic N) is 4. The van der Waals surface area contributed by atoms with Crippen molar-refractivity contribution in [3.05, 3.63) is 47.7 Å². The molecule has 0 bridgehead atoms. The number of anilines is 2. The highest BCUT2D eigenvalue weighted by Gasteiger charge is 2.35. The summed E-state index contributed by atoms with van der Waals surface area (Å²) >= 11 is 0. The Balaban J connectivity index is 1.36. The Labute approximate surface area is 184 Å². The molecule has 32 heavy (non-hydrogen) atoms. The van der Waals surface area contributed by atoms with Crippen molar-refractivity contribution in [1.29, 1.82) is 0 Å². The van der Waals surface area contributed by atoms with E-state index in [1.807, 2.05) is 31.1 Å². The minimum absolute atomic E-state index is 0.0194. The maximum absolute atomic E-state index is 13.0. The summed E-state index contributed by atoms with van der Waals surface area (Å²) in [4.78, 5) is 22.8. The number of alkyl halides is 3. The van der Waals surface area contributed by atoms with Crippen LogP contribution in [0.25, 0.3) is 0 Å². The van der Waals surface area contributed by atoms with Crippen molar-refractivity contribution in [2.75, 3.05) is 57.1 Å². The fourth-order valence-corrected chi connectivity index (χ4v) is 4.09. The highest BCUT2D eigenvalue weighted by Crippen LogP contribution is 2.40. The average molecular weight is 449 g/mol. The largest absolute Gasteiger partial charge is 0.493 e. The molecule has 2 aromatic rings. The maximum atomic E-state index is 13.0. The molecule has 1 aromatic carbocycles. The van der Waals surface area contributed by atoms with E-state index in [4.69, 9.17) is 4.74 Å². The van der Waals surface area contributed by atoms with E-state index in [9.17, 15) is 18.0 Å². The number of aromatic nitrogens is 1. The molecule has 1 saturated heterocycles. The van der Waals surface area contributed by atoms with Crippen molar-refractivity contribution in [3.8, 4) is 5.75 Å². The van der Waals surface area contributed by atoms with Gasteiger partial charge in [0, 0.05) is 58.3 Å². The first kappa shape index (κ1) is 22.2. The lowest BCUT2D eigenvalue weighted by molar-refractivity contribution is -0.137. The lowest BCUT2D eigenvalue weighted by atomic mass is 9.96. The van der Waals surface area contributed by atoms with Crippen LogP contribution in [0, 0.1) is 0 Å². The molecule has 172 valence electrons. The number of urea groups is 1. The van der Waals surface area contributed by atoms with E-state index in [0.29, 0.717) is 50.6 Å². The van der Waals surface area contributed by atoms with E-state index in [-0.39, 0.29) is 12.1 Å². The molecule has 2 amide bonds. The Morgan fingerprint density at radius 1 is 1.16 bits per heavy atom. The molecule has 1 atom stereocenters. The Hall–Kier alpha value is -3.01. The monoisotopic (exact) mass is 449 g/mol. The summed E-state index contributed by atoms with van der Waals surface area (Å²) in [5, 5.41) is 2.87. The van der Waals surface area contributed by atoms with Gasteiger partial charge in [0.25, 0.3) is 0 Å². The summed E-state index contributed by atoms with van der Waals surface area (Å²) in [6, 6.07) is 7.15. The zero-order chi connectivity index (χ0) is 22.9. The number of carbonyl (C=O) groups is 1. The smallest absolute Gasteiger partial charge is 0.416 e. The second-order valence-corrected chi connectivity index (χ2v) is 8.16. The van der Waals surface area contributed by atoms with E-state index in [2.05, 4.69) is 15.2 Å². The highest BCUT2D eigenvalue weighted by molar-refractivity contribution is 5.89.